The van der Waals surface area contributed by atoms with Crippen LogP contribution in [0.5, 0.6) is 0 Å². The van der Waals surface area contributed by atoms with Crippen LogP contribution in [0.2, 0.25) is 0 Å². The minimum Gasteiger partial charge on any atom is -0.313 e. The van der Waals surface area contributed by atoms with Crippen LogP contribution in [0.4, 0.5) is 5.13 Å². The van der Waals surface area contributed by atoms with Crippen LogP contribution in [0.1, 0.15) is 38.1 Å². The Balaban J connectivity index is 2.07. The lowest BCUT2D eigenvalue weighted by Crippen LogP contribution is -2.51. The van der Waals surface area contributed by atoms with Gasteiger partial charge in [-0.2, -0.15) is 12.7 Å². The predicted octanol–water partition coefficient (Wildman–Crippen LogP) is 1.36. The van der Waals surface area contributed by atoms with Crippen LogP contribution in [0.15, 0.2) is 0 Å². The van der Waals surface area contributed by atoms with Gasteiger partial charge in [0.15, 0.2) is 0 Å². The molecule has 1 saturated heterocycles. The van der Waals surface area contributed by atoms with Gasteiger partial charge in [0.1, 0.15) is 5.01 Å². The highest BCUT2D eigenvalue weighted by Crippen LogP contribution is 2.23. The van der Waals surface area contributed by atoms with Gasteiger partial charge in [-0.15, -0.1) is 10.2 Å². The summed E-state index contributed by atoms with van der Waals surface area (Å²) in [6, 6.07) is 0.336. The Kier molecular flexibility index (Phi) is 5.53. The lowest BCUT2D eigenvalue weighted by atomic mass is 10.0. The van der Waals surface area contributed by atoms with Crippen LogP contribution >= 0.6 is 11.3 Å². The summed E-state index contributed by atoms with van der Waals surface area (Å²) in [7, 11) is -3.57. The number of piperidine rings is 1. The summed E-state index contributed by atoms with van der Waals surface area (Å²) >= 11 is 1.24. The van der Waals surface area contributed by atoms with Gasteiger partial charge >= 0.3 is 10.2 Å². The van der Waals surface area contributed by atoms with E-state index in [0.717, 1.165) is 24.3 Å². The van der Waals surface area contributed by atoms with Gasteiger partial charge in [0, 0.05) is 25.2 Å². The molecule has 1 aromatic heterocycles. The number of hydrogen-bond donors (Lipinski definition) is 2. The van der Waals surface area contributed by atoms with E-state index in [0.29, 0.717) is 24.3 Å². The quantitative estimate of drug-likeness (QED) is 0.821. The van der Waals surface area contributed by atoms with Crippen molar-refractivity contribution in [3.05, 3.63) is 5.01 Å². The van der Waals surface area contributed by atoms with Gasteiger partial charge in [0.2, 0.25) is 5.13 Å². The van der Waals surface area contributed by atoms with Crippen molar-refractivity contribution >= 4 is 26.7 Å². The Morgan fingerprint density at radius 2 is 2.14 bits per heavy atom. The third-order valence-electron chi connectivity index (χ3n) is 3.39. The largest absolute Gasteiger partial charge is 0.313 e. The number of aromatic nitrogens is 2. The zero-order valence-electron chi connectivity index (χ0n) is 12.7. The maximum atomic E-state index is 12.5. The molecule has 1 unspecified atom stereocenters. The van der Waals surface area contributed by atoms with Crippen LogP contribution in [-0.2, 0) is 10.2 Å². The minimum atomic E-state index is -3.57. The van der Waals surface area contributed by atoms with Crippen molar-refractivity contribution in [3.8, 4) is 0 Å². The minimum absolute atomic E-state index is 0.00679. The van der Waals surface area contributed by atoms with Crippen molar-refractivity contribution in [2.45, 2.75) is 52.1 Å². The summed E-state index contributed by atoms with van der Waals surface area (Å²) in [6.45, 7) is 7.14. The standard InChI is InChI=1S/C12H23N5O2S2/c1-9(2)13-8-11-6-4-5-7-17(11)21(18,19)16-12-15-14-10(3)20-12/h9,11,13H,4-8H2,1-3H3,(H,15,16). The van der Waals surface area contributed by atoms with Gasteiger partial charge in [-0.1, -0.05) is 31.6 Å². The molecule has 2 rings (SSSR count). The van der Waals surface area contributed by atoms with Crippen LogP contribution in [-0.4, -0.2) is 48.1 Å². The molecule has 9 heteroatoms. The smallest absolute Gasteiger partial charge is 0.303 e. The van der Waals surface area contributed by atoms with Crippen LogP contribution in [0, 0.1) is 6.92 Å². The third kappa shape index (κ3) is 4.60. The molecule has 0 aliphatic carbocycles. The zero-order chi connectivity index (χ0) is 15.5. The van der Waals surface area contributed by atoms with Gasteiger partial charge in [0.05, 0.1) is 0 Å². The summed E-state index contributed by atoms with van der Waals surface area (Å²) in [5, 5.41) is 12.1. The Morgan fingerprint density at radius 1 is 1.38 bits per heavy atom. The van der Waals surface area contributed by atoms with Crippen molar-refractivity contribution in [2.75, 3.05) is 17.8 Å². The molecule has 1 aliphatic heterocycles. The lowest BCUT2D eigenvalue weighted by molar-refractivity contribution is 0.243. The molecule has 0 bridgehead atoms. The van der Waals surface area contributed by atoms with E-state index in [1.165, 1.54) is 11.3 Å². The maximum absolute atomic E-state index is 12.5. The fourth-order valence-corrected chi connectivity index (χ4v) is 4.62. The summed E-state index contributed by atoms with van der Waals surface area (Å²) in [4.78, 5) is 0. The number of aryl methyl sites for hydroxylation is 1. The van der Waals surface area contributed by atoms with Gasteiger partial charge in [-0.25, -0.2) is 4.72 Å². The maximum Gasteiger partial charge on any atom is 0.303 e. The number of rotatable bonds is 6. The van der Waals surface area contributed by atoms with E-state index in [-0.39, 0.29) is 6.04 Å². The van der Waals surface area contributed by atoms with Crippen molar-refractivity contribution in [1.29, 1.82) is 0 Å². The first-order valence-corrected chi connectivity index (χ1v) is 9.47. The molecule has 1 aromatic rings. The van der Waals surface area contributed by atoms with E-state index in [1.807, 2.05) is 0 Å². The molecule has 7 nitrogen and oxygen atoms in total. The third-order valence-corrected chi connectivity index (χ3v) is 5.82. The molecule has 2 heterocycles. The second kappa shape index (κ2) is 6.99. The lowest BCUT2D eigenvalue weighted by Gasteiger charge is -2.34. The molecular weight excluding hydrogens is 310 g/mol. The first-order chi connectivity index (χ1) is 9.88. The highest BCUT2D eigenvalue weighted by molar-refractivity contribution is 7.90. The molecule has 2 N–H and O–H groups in total. The van der Waals surface area contributed by atoms with Crippen molar-refractivity contribution in [2.24, 2.45) is 0 Å². The van der Waals surface area contributed by atoms with Crippen molar-refractivity contribution in [1.82, 2.24) is 19.8 Å². The summed E-state index contributed by atoms with van der Waals surface area (Å²) in [5.41, 5.74) is 0. The molecule has 0 spiro atoms. The second-order valence-corrected chi connectivity index (χ2v) is 8.36. The van der Waals surface area contributed by atoms with E-state index < -0.39 is 10.2 Å². The van der Waals surface area contributed by atoms with Crippen LogP contribution < -0.4 is 10.0 Å². The van der Waals surface area contributed by atoms with Gasteiger partial charge < -0.3 is 5.32 Å². The van der Waals surface area contributed by atoms with Crippen LogP contribution in [0.3, 0.4) is 0 Å². The van der Waals surface area contributed by atoms with Gasteiger partial charge in [-0.3, -0.25) is 0 Å². The Bertz CT molecular complexity index is 558. The predicted molar refractivity (Wildman–Crippen MR) is 84.7 cm³/mol. The fraction of sp³-hybridized carbons (Fsp3) is 0.833. The first kappa shape index (κ1) is 16.6. The number of nitrogens with one attached hydrogen (secondary N) is 2. The number of anilines is 1. The molecule has 0 saturated carbocycles. The van der Waals surface area contributed by atoms with E-state index in [2.05, 4.69) is 34.1 Å². The Labute approximate surface area is 130 Å². The SMILES string of the molecule is Cc1nnc(NS(=O)(=O)N2CCCCC2CNC(C)C)s1. The van der Waals surface area contributed by atoms with Crippen LogP contribution in [0.25, 0.3) is 0 Å². The highest BCUT2D eigenvalue weighted by Gasteiger charge is 2.32. The molecule has 21 heavy (non-hydrogen) atoms. The van der Waals surface area contributed by atoms with E-state index in [9.17, 15) is 8.42 Å². The van der Waals surface area contributed by atoms with Gasteiger partial charge in [0.25, 0.3) is 0 Å². The van der Waals surface area contributed by atoms with E-state index in [4.69, 9.17) is 0 Å². The molecule has 1 aliphatic rings. The molecule has 0 radical (unpaired) electrons. The molecular formula is C12H23N5O2S2. The fourth-order valence-electron chi connectivity index (χ4n) is 2.37. The molecule has 1 fully saturated rings. The van der Waals surface area contributed by atoms with Gasteiger partial charge in [-0.05, 0) is 19.8 Å². The second-order valence-electron chi connectivity index (χ2n) is 5.56. The topological polar surface area (TPSA) is 87.2 Å². The Morgan fingerprint density at radius 3 is 2.76 bits per heavy atom. The first-order valence-electron chi connectivity index (χ1n) is 7.21. The normalized spacial score (nSPS) is 20.9. The van der Waals surface area contributed by atoms with Crippen molar-refractivity contribution < 1.29 is 8.42 Å². The summed E-state index contributed by atoms with van der Waals surface area (Å²) in [6.07, 6.45) is 2.85. The Hall–Kier alpha value is -0.770. The molecule has 0 aromatic carbocycles. The average Bonchev–Trinajstić information content (AvgIpc) is 2.81. The van der Waals surface area contributed by atoms with Crippen molar-refractivity contribution in [3.63, 3.8) is 0 Å². The molecule has 120 valence electrons. The monoisotopic (exact) mass is 333 g/mol. The number of hydrogen-bond acceptors (Lipinski definition) is 6. The van der Waals surface area contributed by atoms with E-state index >= 15 is 0 Å². The van der Waals surface area contributed by atoms with E-state index in [1.54, 1.807) is 11.2 Å². The molecule has 1 atom stereocenters. The summed E-state index contributed by atoms with van der Waals surface area (Å²) < 4.78 is 29.2. The average molecular weight is 333 g/mol. The highest BCUT2D eigenvalue weighted by atomic mass is 32.2. The zero-order valence-corrected chi connectivity index (χ0v) is 14.3. The number of nitrogens with zero attached hydrogens (tertiary/aromatic N) is 3. The summed E-state index contributed by atoms with van der Waals surface area (Å²) in [5.74, 6) is 0. The molecule has 0 amide bonds.